The van der Waals surface area contributed by atoms with Crippen LogP contribution in [0.15, 0.2) is 12.1 Å². The van der Waals surface area contributed by atoms with Crippen molar-refractivity contribution in [2.75, 3.05) is 37.0 Å². The van der Waals surface area contributed by atoms with E-state index in [-0.39, 0.29) is 17.7 Å². The van der Waals surface area contributed by atoms with E-state index in [1.165, 1.54) is 11.8 Å². The number of hydrogen-bond acceptors (Lipinski definition) is 4. The van der Waals surface area contributed by atoms with Crippen LogP contribution in [0.5, 0.6) is 0 Å². The van der Waals surface area contributed by atoms with Gasteiger partial charge in [-0.3, -0.25) is 9.69 Å². The van der Waals surface area contributed by atoms with Crippen molar-refractivity contribution in [3.63, 3.8) is 0 Å². The van der Waals surface area contributed by atoms with Gasteiger partial charge >= 0.3 is 0 Å². The number of carbonyl (C=O) groups excluding carboxylic acids is 1. The average Bonchev–Trinajstić information content (AvgIpc) is 2.76. The van der Waals surface area contributed by atoms with Crippen molar-refractivity contribution in [2.45, 2.75) is 33.2 Å². The van der Waals surface area contributed by atoms with Gasteiger partial charge in [0.1, 0.15) is 9.84 Å². The van der Waals surface area contributed by atoms with Gasteiger partial charge in [-0.05, 0) is 45.4 Å². The predicted molar refractivity (Wildman–Crippen MR) is 93.8 cm³/mol. The third-order valence-corrected chi connectivity index (χ3v) is 5.35. The topological polar surface area (TPSA) is 57.7 Å². The zero-order valence-electron chi connectivity index (χ0n) is 14.6. The molecule has 1 heterocycles. The van der Waals surface area contributed by atoms with Gasteiger partial charge in [0, 0.05) is 25.0 Å². The molecule has 1 amide bonds. The van der Waals surface area contributed by atoms with Gasteiger partial charge in [0.05, 0.1) is 11.8 Å². The molecule has 23 heavy (non-hydrogen) atoms. The number of carbonyl (C=O) groups is 1. The molecule has 5 nitrogen and oxygen atoms in total. The lowest BCUT2D eigenvalue weighted by Crippen LogP contribution is -2.41. The van der Waals surface area contributed by atoms with Gasteiger partial charge < -0.3 is 4.90 Å². The summed E-state index contributed by atoms with van der Waals surface area (Å²) in [6, 6.07) is 3.95. The number of benzene rings is 1. The predicted octanol–water partition coefficient (Wildman–Crippen LogP) is 1.69. The fourth-order valence-electron chi connectivity index (χ4n) is 3.36. The highest BCUT2D eigenvalue weighted by atomic mass is 32.2. The van der Waals surface area contributed by atoms with Gasteiger partial charge in [-0.2, -0.15) is 0 Å². The molecule has 0 bridgehead atoms. The maximum atomic E-state index is 12.8. The van der Waals surface area contributed by atoms with Crippen LogP contribution in [0.2, 0.25) is 0 Å². The standard InChI is InChI=1S/C17H26N2O3S/c1-12-10-13(2)16(14(3)11-12)19-7-6-15(17(19)20)18(4)8-9-23(5,21)22/h10-11,15H,6-9H2,1-5H3/t15-/m1/s1. The van der Waals surface area contributed by atoms with Crippen molar-refractivity contribution < 1.29 is 13.2 Å². The van der Waals surface area contributed by atoms with E-state index in [0.717, 1.165) is 23.2 Å². The van der Waals surface area contributed by atoms with E-state index < -0.39 is 9.84 Å². The fraction of sp³-hybridized carbons (Fsp3) is 0.588. The lowest BCUT2D eigenvalue weighted by Gasteiger charge is -2.25. The first-order valence-electron chi connectivity index (χ1n) is 7.87. The Bertz CT molecular complexity index is 690. The van der Waals surface area contributed by atoms with Crippen LogP contribution in [0.25, 0.3) is 0 Å². The highest BCUT2D eigenvalue weighted by Gasteiger charge is 2.36. The monoisotopic (exact) mass is 338 g/mol. The molecule has 0 N–H and O–H groups in total. The first-order chi connectivity index (χ1) is 10.6. The maximum Gasteiger partial charge on any atom is 0.244 e. The number of amides is 1. The highest BCUT2D eigenvalue weighted by molar-refractivity contribution is 7.90. The molecule has 6 heteroatoms. The fourth-order valence-corrected chi connectivity index (χ4v) is 3.98. The van der Waals surface area contributed by atoms with E-state index in [4.69, 9.17) is 0 Å². The van der Waals surface area contributed by atoms with Gasteiger partial charge in [0.15, 0.2) is 0 Å². The summed E-state index contributed by atoms with van der Waals surface area (Å²) >= 11 is 0. The molecule has 1 atom stereocenters. The Labute approximate surface area is 139 Å². The van der Waals surface area contributed by atoms with Crippen LogP contribution in [0, 0.1) is 20.8 Å². The van der Waals surface area contributed by atoms with Crippen LogP contribution >= 0.6 is 0 Å². The quantitative estimate of drug-likeness (QED) is 0.820. The molecular weight excluding hydrogens is 312 g/mol. The SMILES string of the molecule is Cc1cc(C)c(N2CC[C@@H](N(C)CCS(C)(=O)=O)C2=O)c(C)c1. The van der Waals surface area contributed by atoms with Crippen LogP contribution in [0.4, 0.5) is 5.69 Å². The van der Waals surface area contributed by atoms with Crippen molar-refractivity contribution in [1.29, 1.82) is 0 Å². The van der Waals surface area contributed by atoms with Gasteiger partial charge in [-0.15, -0.1) is 0 Å². The Morgan fingerprint density at radius 2 is 1.78 bits per heavy atom. The van der Waals surface area contributed by atoms with E-state index >= 15 is 0 Å². The third-order valence-electron chi connectivity index (χ3n) is 4.43. The van der Waals surface area contributed by atoms with Crippen molar-refractivity contribution in [2.24, 2.45) is 0 Å². The summed E-state index contributed by atoms with van der Waals surface area (Å²) in [4.78, 5) is 16.5. The summed E-state index contributed by atoms with van der Waals surface area (Å²) in [5, 5.41) is 0. The Balaban J connectivity index is 2.16. The molecule has 2 rings (SSSR count). The molecule has 0 aliphatic carbocycles. The van der Waals surface area contributed by atoms with Crippen LogP contribution in [-0.4, -0.2) is 57.4 Å². The summed E-state index contributed by atoms with van der Waals surface area (Å²) in [5.41, 5.74) is 4.41. The maximum absolute atomic E-state index is 12.8. The summed E-state index contributed by atoms with van der Waals surface area (Å²) in [7, 11) is -1.19. The van der Waals surface area contributed by atoms with Gasteiger partial charge in [0.25, 0.3) is 0 Å². The largest absolute Gasteiger partial charge is 0.310 e. The van der Waals surface area contributed by atoms with Crippen molar-refractivity contribution >= 4 is 21.4 Å². The lowest BCUT2D eigenvalue weighted by molar-refractivity contribution is -0.121. The smallest absolute Gasteiger partial charge is 0.244 e. The van der Waals surface area contributed by atoms with Crippen LogP contribution in [-0.2, 0) is 14.6 Å². The van der Waals surface area contributed by atoms with Crippen LogP contribution in [0.3, 0.4) is 0 Å². The summed E-state index contributed by atoms with van der Waals surface area (Å²) in [6.45, 7) is 7.18. The first kappa shape index (κ1) is 17.9. The molecule has 128 valence electrons. The molecule has 1 aromatic rings. The number of aryl methyl sites for hydroxylation is 3. The van der Waals surface area contributed by atoms with E-state index in [1.807, 2.05) is 30.7 Å². The molecule has 0 spiro atoms. The second-order valence-electron chi connectivity index (χ2n) is 6.65. The molecule has 0 unspecified atom stereocenters. The molecule has 0 saturated carbocycles. The molecule has 1 aromatic carbocycles. The number of nitrogens with zero attached hydrogens (tertiary/aromatic N) is 2. The minimum Gasteiger partial charge on any atom is -0.310 e. The first-order valence-corrected chi connectivity index (χ1v) is 9.93. The Morgan fingerprint density at radius 3 is 2.30 bits per heavy atom. The van der Waals surface area contributed by atoms with E-state index in [2.05, 4.69) is 19.1 Å². The molecular formula is C17H26N2O3S. The minimum atomic E-state index is -3.02. The summed E-state index contributed by atoms with van der Waals surface area (Å²) in [6.07, 6.45) is 1.95. The van der Waals surface area contributed by atoms with E-state index in [9.17, 15) is 13.2 Å². The number of rotatable bonds is 5. The van der Waals surface area contributed by atoms with Crippen LogP contribution < -0.4 is 4.90 Å². The van der Waals surface area contributed by atoms with E-state index in [1.54, 1.807) is 0 Å². The van der Waals surface area contributed by atoms with Gasteiger partial charge in [0.2, 0.25) is 5.91 Å². The van der Waals surface area contributed by atoms with Crippen LogP contribution in [0.1, 0.15) is 23.1 Å². The molecule has 0 radical (unpaired) electrons. The summed E-state index contributed by atoms with van der Waals surface area (Å²) < 4.78 is 22.6. The zero-order valence-corrected chi connectivity index (χ0v) is 15.4. The third kappa shape index (κ3) is 4.12. The molecule has 1 aliphatic rings. The van der Waals surface area contributed by atoms with Crippen molar-refractivity contribution in [1.82, 2.24) is 4.90 Å². The minimum absolute atomic E-state index is 0.0658. The summed E-state index contributed by atoms with van der Waals surface area (Å²) in [5.74, 6) is 0.145. The molecule has 1 fully saturated rings. The van der Waals surface area contributed by atoms with Gasteiger partial charge in [-0.1, -0.05) is 17.7 Å². The zero-order chi connectivity index (χ0) is 17.4. The number of likely N-dealkylation sites (N-methyl/N-ethyl adjacent to an activating group) is 1. The lowest BCUT2D eigenvalue weighted by atomic mass is 10.0. The Morgan fingerprint density at radius 1 is 1.22 bits per heavy atom. The molecule has 0 aromatic heterocycles. The molecule has 1 saturated heterocycles. The van der Waals surface area contributed by atoms with E-state index in [0.29, 0.717) is 13.1 Å². The number of hydrogen-bond donors (Lipinski definition) is 0. The highest BCUT2D eigenvalue weighted by Crippen LogP contribution is 2.31. The van der Waals surface area contributed by atoms with Crippen molar-refractivity contribution in [3.05, 3.63) is 28.8 Å². The normalized spacial score (nSPS) is 19.0. The van der Waals surface area contributed by atoms with Gasteiger partial charge in [-0.25, -0.2) is 8.42 Å². The average molecular weight is 338 g/mol. The number of anilines is 1. The number of sulfone groups is 1. The van der Waals surface area contributed by atoms with Crippen molar-refractivity contribution in [3.8, 4) is 0 Å². The Kier molecular flexibility index (Phi) is 5.16. The second kappa shape index (κ2) is 6.61. The second-order valence-corrected chi connectivity index (χ2v) is 8.91. The molecule has 1 aliphatic heterocycles. The Hall–Kier alpha value is -1.40.